The molecular formula is C38H38N2O8. The Hall–Kier alpha value is -5.00. The van der Waals surface area contributed by atoms with E-state index in [2.05, 4.69) is 0 Å². The van der Waals surface area contributed by atoms with Crippen molar-refractivity contribution in [2.45, 2.75) is 43.2 Å². The number of imide groups is 1. The molecule has 1 aliphatic heterocycles. The summed E-state index contributed by atoms with van der Waals surface area (Å²) >= 11 is 0. The van der Waals surface area contributed by atoms with Crippen LogP contribution in [0, 0.1) is 0 Å². The monoisotopic (exact) mass is 650 g/mol. The van der Waals surface area contributed by atoms with Gasteiger partial charge in [0.2, 0.25) is 5.91 Å². The van der Waals surface area contributed by atoms with Crippen molar-refractivity contribution in [3.63, 3.8) is 0 Å². The van der Waals surface area contributed by atoms with Crippen LogP contribution in [0.3, 0.4) is 0 Å². The highest BCUT2D eigenvalue weighted by atomic mass is 16.7. The Kier molecular flexibility index (Phi) is 10.9. The molecule has 0 saturated carbocycles. The van der Waals surface area contributed by atoms with E-state index in [-0.39, 0.29) is 43.4 Å². The van der Waals surface area contributed by atoms with Crippen LogP contribution in [0.5, 0.6) is 0 Å². The summed E-state index contributed by atoms with van der Waals surface area (Å²) in [4.78, 5) is 54.5. The van der Waals surface area contributed by atoms with E-state index in [1.807, 2.05) is 91.0 Å². The number of hydrogen-bond donors (Lipinski definition) is 1. The maximum absolute atomic E-state index is 13.7. The molecule has 2 N–H and O–H groups in total. The molecule has 5 rings (SSSR count). The minimum absolute atomic E-state index is 0.0998. The Morgan fingerprint density at radius 1 is 0.708 bits per heavy atom. The van der Waals surface area contributed by atoms with Gasteiger partial charge >= 0.3 is 11.9 Å². The Morgan fingerprint density at radius 2 is 1.15 bits per heavy atom. The van der Waals surface area contributed by atoms with E-state index in [0.717, 1.165) is 21.6 Å². The number of ether oxygens (including phenoxy) is 4. The van der Waals surface area contributed by atoms with Crippen molar-refractivity contribution >= 4 is 23.8 Å². The lowest BCUT2D eigenvalue weighted by Gasteiger charge is -2.36. The summed E-state index contributed by atoms with van der Waals surface area (Å²) in [6.07, 6.45) is 0.0192. The van der Waals surface area contributed by atoms with Crippen molar-refractivity contribution in [3.8, 4) is 0 Å². The van der Waals surface area contributed by atoms with Crippen molar-refractivity contribution < 1.29 is 38.1 Å². The van der Waals surface area contributed by atoms with Crippen LogP contribution >= 0.6 is 0 Å². The lowest BCUT2D eigenvalue weighted by Crippen LogP contribution is -2.47. The molecule has 48 heavy (non-hydrogen) atoms. The summed E-state index contributed by atoms with van der Waals surface area (Å²) in [7, 11) is 2.75. The summed E-state index contributed by atoms with van der Waals surface area (Å²) in [6, 6.07) is 33.8. The third-order valence-electron chi connectivity index (χ3n) is 8.47. The van der Waals surface area contributed by atoms with E-state index in [4.69, 9.17) is 24.7 Å². The number of benzene rings is 4. The highest BCUT2D eigenvalue weighted by Gasteiger charge is 2.45. The molecule has 4 aromatic rings. The predicted molar refractivity (Wildman–Crippen MR) is 176 cm³/mol. The average Bonchev–Trinajstić information content (AvgIpc) is 3.38. The SMILES string of the molecule is COC(N)(CCCC(=O)OC(=O)C(CCOC(c1ccccc1)(c1ccccc1)c1ccccc1)N1C(=O)c2ccccc2C1=O)OC. The largest absolute Gasteiger partial charge is 0.392 e. The van der Waals surface area contributed by atoms with Crippen molar-refractivity contribution in [3.05, 3.63) is 143 Å². The molecule has 0 aromatic heterocycles. The first-order valence-electron chi connectivity index (χ1n) is 15.6. The molecule has 248 valence electrons. The molecule has 0 spiro atoms. The topological polar surface area (TPSA) is 134 Å². The number of rotatable bonds is 15. The van der Waals surface area contributed by atoms with Gasteiger partial charge in [-0.1, -0.05) is 103 Å². The lowest BCUT2D eigenvalue weighted by atomic mass is 9.80. The molecule has 10 nitrogen and oxygen atoms in total. The number of amides is 2. The van der Waals surface area contributed by atoms with E-state index in [9.17, 15) is 19.2 Å². The molecule has 0 radical (unpaired) electrons. The van der Waals surface area contributed by atoms with Gasteiger partial charge in [0.25, 0.3) is 11.8 Å². The minimum atomic E-state index is -1.45. The molecule has 2 amide bonds. The van der Waals surface area contributed by atoms with Gasteiger partial charge < -0.3 is 18.9 Å². The summed E-state index contributed by atoms with van der Waals surface area (Å²) in [5, 5.41) is 0. The first kappa shape index (κ1) is 34.3. The molecule has 0 aliphatic carbocycles. The molecule has 0 bridgehead atoms. The lowest BCUT2D eigenvalue weighted by molar-refractivity contribution is -0.207. The highest BCUT2D eigenvalue weighted by molar-refractivity contribution is 6.22. The second kappa shape index (κ2) is 15.3. The third kappa shape index (κ3) is 7.12. The van der Waals surface area contributed by atoms with Crippen LogP contribution in [0.1, 0.15) is 63.1 Å². The Balaban J connectivity index is 1.44. The van der Waals surface area contributed by atoms with Crippen LogP contribution < -0.4 is 5.73 Å². The maximum Gasteiger partial charge on any atom is 0.337 e. The molecule has 1 atom stereocenters. The third-order valence-corrected chi connectivity index (χ3v) is 8.47. The van der Waals surface area contributed by atoms with Crippen LogP contribution in [-0.2, 0) is 34.1 Å². The second-order valence-corrected chi connectivity index (χ2v) is 11.3. The zero-order valence-electron chi connectivity index (χ0n) is 26.9. The molecular weight excluding hydrogens is 612 g/mol. The summed E-state index contributed by atoms with van der Waals surface area (Å²) in [5.74, 6) is -4.59. The standard InChI is InChI=1S/C38H38N2O8/c1-45-37(39,46-2)25-14-23-33(41)48-36(44)32(40-34(42)30-21-12-13-22-31(30)35(40)43)24-26-47-38(27-15-6-3-7-16-27,28-17-8-4-9-18-28)29-19-10-5-11-20-29/h3-13,15-22,32H,14,23-26,39H2,1-2H3. The minimum Gasteiger partial charge on any atom is -0.392 e. The van der Waals surface area contributed by atoms with Crippen LogP contribution in [0.25, 0.3) is 0 Å². The van der Waals surface area contributed by atoms with E-state index < -0.39 is 41.3 Å². The van der Waals surface area contributed by atoms with Gasteiger partial charge in [0, 0.05) is 33.5 Å². The van der Waals surface area contributed by atoms with E-state index in [1.165, 1.54) is 26.4 Å². The van der Waals surface area contributed by atoms with Crippen LogP contribution in [0.4, 0.5) is 0 Å². The first-order valence-corrected chi connectivity index (χ1v) is 15.6. The highest BCUT2D eigenvalue weighted by Crippen LogP contribution is 2.41. The van der Waals surface area contributed by atoms with Gasteiger partial charge in [-0.25, -0.2) is 4.79 Å². The number of carbonyl (C=O) groups is 4. The van der Waals surface area contributed by atoms with Crippen molar-refractivity contribution in [2.24, 2.45) is 5.73 Å². The van der Waals surface area contributed by atoms with Crippen LogP contribution in [-0.4, -0.2) is 61.4 Å². The molecule has 0 fully saturated rings. The molecule has 10 heteroatoms. The quantitative estimate of drug-likeness (QED) is 0.0606. The van der Waals surface area contributed by atoms with E-state index >= 15 is 0 Å². The van der Waals surface area contributed by atoms with Gasteiger partial charge in [-0.15, -0.1) is 0 Å². The van der Waals surface area contributed by atoms with Gasteiger partial charge in [-0.2, -0.15) is 0 Å². The second-order valence-electron chi connectivity index (χ2n) is 11.3. The Labute approximate surface area is 279 Å². The van der Waals surface area contributed by atoms with Crippen molar-refractivity contribution in [2.75, 3.05) is 20.8 Å². The fraction of sp³-hybridized carbons (Fsp3) is 0.263. The van der Waals surface area contributed by atoms with Crippen LogP contribution in [0.15, 0.2) is 115 Å². The number of hydrogen-bond acceptors (Lipinski definition) is 9. The Morgan fingerprint density at radius 3 is 1.58 bits per heavy atom. The van der Waals surface area contributed by atoms with Gasteiger partial charge in [0.15, 0.2) is 0 Å². The number of nitrogens with zero attached hydrogens (tertiary/aromatic N) is 1. The van der Waals surface area contributed by atoms with Gasteiger partial charge in [-0.3, -0.25) is 25.0 Å². The van der Waals surface area contributed by atoms with Crippen molar-refractivity contribution in [1.29, 1.82) is 0 Å². The fourth-order valence-electron chi connectivity index (χ4n) is 5.93. The van der Waals surface area contributed by atoms with Gasteiger partial charge in [-0.05, 0) is 35.2 Å². The van der Waals surface area contributed by atoms with Crippen molar-refractivity contribution in [1.82, 2.24) is 4.90 Å². The fourth-order valence-corrected chi connectivity index (χ4v) is 5.93. The molecule has 1 unspecified atom stereocenters. The number of esters is 2. The molecule has 1 aliphatic rings. The zero-order chi connectivity index (χ0) is 34.1. The number of methoxy groups -OCH3 is 2. The number of nitrogens with two attached hydrogens (primary N) is 1. The van der Waals surface area contributed by atoms with Gasteiger partial charge in [0.1, 0.15) is 11.6 Å². The molecule has 4 aromatic carbocycles. The summed E-state index contributed by atoms with van der Waals surface area (Å²) in [6.45, 7) is -0.0998. The van der Waals surface area contributed by atoms with E-state index in [1.54, 1.807) is 12.1 Å². The number of fused-ring (bicyclic) bond motifs is 1. The molecule has 0 saturated heterocycles. The maximum atomic E-state index is 13.7. The van der Waals surface area contributed by atoms with Crippen LogP contribution in [0.2, 0.25) is 0 Å². The normalized spacial score (nSPS) is 13.7. The van der Waals surface area contributed by atoms with Gasteiger partial charge in [0.05, 0.1) is 17.7 Å². The number of carbonyl (C=O) groups excluding carboxylic acids is 4. The summed E-state index contributed by atoms with van der Waals surface area (Å²) < 4.78 is 22.3. The first-order chi connectivity index (χ1) is 23.2. The average molecular weight is 651 g/mol. The zero-order valence-corrected chi connectivity index (χ0v) is 26.9. The summed E-state index contributed by atoms with van der Waals surface area (Å²) in [5.41, 5.74) is 7.66. The predicted octanol–water partition coefficient (Wildman–Crippen LogP) is 5.20. The van der Waals surface area contributed by atoms with E-state index in [0.29, 0.717) is 0 Å². The molecule has 1 heterocycles. The Bertz CT molecular complexity index is 1590. The smallest absolute Gasteiger partial charge is 0.337 e.